The minimum atomic E-state index is 0.529. The lowest BCUT2D eigenvalue weighted by atomic mass is 10.1. The first-order chi connectivity index (χ1) is 7.36. The highest BCUT2D eigenvalue weighted by Gasteiger charge is 2.09. The number of azide groups is 1. The van der Waals surface area contributed by atoms with Crippen LogP contribution in [0.1, 0.15) is 32.6 Å². The number of hydrogen-bond donors (Lipinski definition) is 0. The van der Waals surface area contributed by atoms with Gasteiger partial charge in [0.2, 0.25) is 0 Å². The molecule has 0 aromatic rings. The van der Waals surface area contributed by atoms with Crippen molar-refractivity contribution in [1.29, 1.82) is 0 Å². The summed E-state index contributed by atoms with van der Waals surface area (Å²) >= 11 is 0. The van der Waals surface area contributed by atoms with Gasteiger partial charge in [0.25, 0.3) is 0 Å². The second-order valence-corrected chi connectivity index (χ2v) is 3.99. The molecule has 0 saturated carbocycles. The summed E-state index contributed by atoms with van der Waals surface area (Å²) in [6.07, 6.45) is 7.16. The van der Waals surface area contributed by atoms with Gasteiger partial charge in [0, 0.05) is 18.0 Å². The molecular formula is C11H20N4. The summed E-state index contributed by atoms with van der Waals surface area (Å²) in [5.41, 5.74) is 9.50. The molecule has 0 N–H and O–H groups in total. The van der Waals surface area contributed by atoms with Crippen molar-refractivity contribution in [3.8, 4) is 0 Å². The van der Waals surface area contributed by atoms with Crippen molar-refractivity contribution >= 4 is 0 Å². The van der Waals surface area contributed by atoms with Crippen LogP contribution in [0.2, 0.25) is 0 Å². The van der Waals surface area contributed by atoms with Gasteiger partial charge in [-0.1, -0.05) is 23.2 Å². The molecule has 0 radical (unpaired) electrons. The Bertz CT molecular complexity index is 247. The molecule has 1 heterocycles. The Labute approximate surface area is 91.6 Å². The molecule has 1 aliphatic rings. The van der Waals surface area contributed by atoms with E-state index in [0.717, 1.165) is 13.0 Å². The molecular weight excluding hydrogens is 188 g/mol. The zero-order chi connectivity index (χ0) is 10.9. The van der Waals surface area contributed by atoms with Crippen LogP contribution < -0.4 is 0 Å². The average molecular weight is 208 g/mol. The summed E-state index contributed by atoms with van der Waals surface area (Å²) < 4.78 is 0. The van der Waals surface area contributed by atoms with Gasteiger partial charge in [-0.15, -0.1) is 0 Å². The van der Waals surface area contributed by atoms with Crippen LogP contribution in [0, 0.1) is 0 Å². The summed E-state index contributed by atoms with van der Waals surface area (Å²) in [5, 5.41) is 3.60. The molecule has 1 aliphatic heterocycles. The molecule has 0 spiro atoms. The van der Waals surface area contributed by atoms with E-state index < -0.39 is 0 Å². The van der Waals surface area contributed by atoms with Crippen molar-refractivity contribution in [2.75, 3.05) is 26.2 Å². The van der Waals surface area contributed by atoms with E-state index >= 15 is 0 Å². The maximum atomic E-state index is 8.25. The summed E-state index contributed by atoms with van der Waals surface area (Å²) in [6, 6.07) is 0. The molecule has 0 aliphatic carbocycles. The molecule has 0 bridgehead atoms. The largest absolute Gasteiger partial charge is 0.303 e. The van der Waals surface area contributed by atoms with Gasteiger partial charge in [0.05, 0.1) is 0 Å². The number of likely N-dealkylation sites (tertiary alicyclic amines) is 1. The molecule has 15 heavy (non-hydrogen) atoms. The first-order valence-corrected chi connectivity index (χ1v) is 5.74. The highest BCUT2D eigenvalue weighted by Crippen LogP contribution is 2.11. The van der Waals surface area contributed by atoms with Crippen molar-refractivity contribution in [2.45, 2.75) is 32.6 Å². The van der Waals surface area contributed by atoms with Gasteiger partial charge in [-0.2, -0.15) is 0 Å². The van der Waals surface area contributed by atoms with Crippen LogP contribution in [-0.2, 0) is 0 Å². The SMILES string of the molecule is CC=C(CCN1CCCCC1)CN=[N+]=[N-]. The van der Waals surface area contributed by atoms with Crippen molar-refractivity contribution < 1.29 is 0 Å². The molecule has 0 atom stereocenters. The summed E-state index contributed by atoms with van der Waals surface area (Å²) in [7, 11) is 0. The van der Waals surface area contributed by atoms with Crippen LogP contribution in [0.4, 0.5) is 0 Å². The van der Waals surface area contributed by atoms with Crippen molar-refractivity contribution in [2.24, 2.45) is 5.11 Å². The first-order valence-electron chi connectivity index (χ1n) is 5.74. The Kier molecular flexibility index (Phi) is 5.90. The van der Waals surface area contributed by atoms with E-state index in [0.29, 0.717) is 6.54 Å². The van der Waals surface area contributed by atoms with E-state index in [4.69, 9.17) is 5.53 Å². The molecule has 84 valence electrons. The van der Waals surface area contributed by atoms with Gasteiger partial charge < -0.3 is 4.90 Å². The highest BCUT2D eigenvalue weighted by molar-refractivity contribution is 5.03. The predicted octanol–water partition coefficient (Wildman–Crippen LogP) is 3.12. The van der Waals surface area contributed by atoms with E-state index in [1.165, 1.54) is 37.9 Å². The van der Waals surface area contributed by atoms with Gasteiger partial charge in [-0.3, -0.25) is 0 Å². The second-order valence-electron chi connectivity index (χ2n) is 3.99. The first kappa shape index (κ1) is 12.1. The van der Waals surface area contributed by atoms with Crippen molar-refractivity contribution in [3.63, 3.8) is 0 Å². The van der Waals surface area contributed by atoms with E-state index in [1.807, 2.05) is 6.92 Å². The average Bonchev–Trinajstić information content (AvgIpc) is 2.31. The molecule has 1 fully saturated rings. The normalized spacial score (nSPS) is 18.6. The minimum Gasteiger partial charge on any atom is -0.303 e. The summed E-state index contributed by atoms with van der Waals surface area (Å²) in [4.78, 5) is 5.29. The highest BCUT2D eigenvalue weighted by atomic mass is 15.1. The summed E-state index contributed by atoms with van der Waals surface area (Å²) in [5.74, 6) is 0. The maximum Gasteiger partial charge on any atom is 0.0470 e. The Morgan fingerprint density at radius 2 is 2.13 bits per heavy atom. The Balaban J connectivity index is 2.23. The lowest BCUT2D eigenvalue weighted by molar-refractivity contribution is 0.231. The van der Waals surface area contributed by atoms with Crippen LogP contribution in [0.25, 0.3) is 10.4 Å². The van der Waals surface area contributed by atoms with Crippen LogP contribution in [-0.4, -0.2) is 31.1 Å². The van der Waals surface area contributed by atoms with Crippen LogP contribution in [0.5, 0.6) is 0 Å². The molecule has 1 saturated heterocycles. The van der Waals surface area contributed by atoms with Crippen LogP contribution in [0.15, 0.2) is 16.8 Å². The summed E-state index contributed by atoms with van der Waals surface area (Å²) in [6.45, 7) is 6.12. The fourth-order valence-corrected chi connectivity index (χ4v) is 1.92. The van der Waals surface area contributed by atoms with Gasteiger partial charge in [0.15, 0.2) is 0 Å². The quantitative estimate of drug-likeness (QED) is 0.296. The topological polar surface area (TPSA) is 52.0 Å². The monoisotopic (exact) mass is 208 g/mol. The number of piperidine rings is 1. The Morgan fingerprint density at radius 1 is 1.40 bits per heavy atom. The van der Waals surface area contributed by atoms with E-state index in [1.54, 1.807) is 0 Å². The fraction of sp³-hybridized carbons (Fsp3) is 0.818. The maximum absolute atomic E-state index is 8.25. The minimum absolute atomic E-state index is 0.529. The number of nitrogens with zero attached hydrogens (tertiary/aromatic N) is 4. The van der Waals surface area contributed by atoms with E-state index in [9.17, 15) is 0 Å². The Morgan fingerprint density at radius 3 is 2.73 bits per heavy atom. The standard InChI is InChI=1S/C11H20N4/c1-2-11(10-13-14-12)6-9-15-7-4-3-5-8-15/h2H,3-10H2,1H3. The van der Waals surface area contributed by atoms with Gasteiger partial charge in [-0.05, 0) is 44.8 Å². The number of allylic oxidation sites excluding steroid dienone is 1. The molecule has 0 unspecified atom stereocenters. The zero-order valence-corrected chi connectivity index (χ0v) is 9.52. The fourth-order valence-electron chi connectivity index (χ4n) is 1.92. The third-order valence-corrected chi connectivity index (χ3v) is 2.94. The zero-order valence-electron chi connectivity index (χ0n) is 9.52. The van der Waals surface area contributed by atoms with Gasteiger partial charge in [0.1, 0.15) is 0 Å². The molecule has 4 nitrogen and oxygen atoms in total. The molecule has 0 amide bonds. The predicted molar refractivity (Wildman–Crippen MR) is 62.7 cm³/mol. The lowest BCUT2D eigenvalue weighted by Gasteiger charge is -2.26. The smallest absolute Gasteiger partial charge is 0.0470 e. The Hall–Kier alpha value is -0.990. The molecule has 0 aromatic carbocycles. The van der Waals surface area contributed by atoms with E-state index in [2.05, 4.69) is 21.0 Å². The van der Waals surface area contributed by atoms with E-state index in [-0.39, 0.29) is 0 Å². The third kappa shape index (κ3) is 4.86. The van der Waals surface area contributed by atoms with Crippen molar-refractivity contribution in [1.82, 2.24) is 4.90 Å². The van der Waals surface area contributed by atoms with Gasteiger partial charge in [-0.25, -0.2) is 0 Å². The molecule has 1 rings (SSSR count). The molecule has 0 aromatic heterocycles. The third-order valence-electron chi connectivity index (χ3n) is 2.94. The molecule has 4 heteroatoms. The number of rotatable bonds is 5. The van der Waals surface area contributed by atoms with Gasteiger partial charge >= 0.3 is 0 Å². The van der Waals surface area contributed by atoms with Crippen LogP contribution >= 0.6 is 0 Å². The van der Waals surface area contributed by atoms with Crippen LogP contribution in [0.3, 0.4) is 0 Å². The second kappa shape index (κ2) is 7.32. The van der Waals surface area contributed by atoms with Crippen molar-refractivity contribution in [3.05, 3.63) is 22.1 Å². The lowest BCUT2D eigenvalue weighted by Crippen LogP contribution is -2.30. The number of hydrogen-bond acceptors (Lipinski definition) is 2.